The molecule has 0 aliphatic heterocycles. The van der Waals surface area contributed by atoms with E-state index in [1.165, 1.54) is 0 Å². The number of rotatable bonds is 8. The number of ether oxygens (including phenoxy) is 2. The number of hydrogen-bond acceptors (Lipinski definition) is 6. The molecule has 168 valence electrons. The normalized spacial score (nSPS) is 10.7. The lowest BCUT2D eigenvalue weighted by Gasteiger charge is -2.16. The van der Waals surface area contributed by atoms with Crippen LogP contribution in [0.15, 0.2) is 103 Å². The second-order valence-corrected chi connectivity index (χ2v) is 7.51. The Labute approximate surface area is 196 Å². The number of benzene rings is 4. The van der Waals surface area contributed by atoms with Gasteiger partial charge in [-0.3, -0.25) is 0 Å². The number of para-hydroxylation sites is 2. The third kappa shape index (κ3) is 4.73. The summed E-state index contributed by atoms with van der Waals surface area (Å²) in [5.41, 5.74) is 3.39. The molecule has 34 heavy (non-hydrogen) atoms. The maximum absolute atomic E-state index is 13.2. The summed E-state index contributed by atoms with van der Waals surface area (Å²) in [6.45, 7) is 0.591. The van der Waals surface area contributed by atoms with Crippen LogP contribution in [0, 0.1) is 0 Å². The van der Waals surface area contributed by atoms with Gasteiger partial charge in [-0.25, -0.2) is 4.79 Å². The molecular weight excluding hydrogens is 430 g/mol. The maximum Gasteiger partial charge on any atom is 0.369 e. The van der Waals surface area contributed by atoms with Crippen molar-refractivity contribution in [1.29, 1.82) is 0 Å². The summed E-state index contributed by atoms with van der Waals surface area (Å²) < 4.78 is 12.1. The Kier molecular flexibility index (Phi) is 6.16. The molecule has 5 rings (SSSR count). The lowest BCUT2D eigenvalue weighted by atomic mass is 10.1. The Morgan fingerprint density at radius 1 is 0.706 bits per heavy atom. The summed E-state index contributed by atoms with van der Waals surface area (Å²) >= 11 is 0. The first-order valence-electron chi connectivity index (χ1n) is 10.8. The first-order chi connectivity index (χ1) is 16.8. The Morgan fingerprint density at radius 2 is 1.35 bits per heavy atom. The number of carbonyl (C=O) groups is 1. The standard InChI is InChI=1S/C27H21N3O4/c31-27(34-30-24-16-8-7-15-23(24)28-29-30)22-14-9-17-25(32-18-20-10-3-1-4-11-20)26(22)33-19-21-12-5-2-6-13-21/h1-17H,18-19H2. The van der Waals surface area contributed by atoms with Gasteiger partial charge in [-0.05, 0) is 40.6 Å². The first kappa shape index (κ1) is 21.2. The number of carbonyl (C=O) groups excluding carboxylic acids is 1. The molecule has 0 spiro atoms. The zero-order chi connectivity index (χ0) is 23.2. The van der Waals surface area contributed by atoms with Gasteiger partial charge in [0.2, 0.25) is 0 Å². The van der Waals surface area contributed by atoms with Gasteiger partial charge in [0.05, 0.1) is 0 Å². The second kappa shape index (κ2) is 9.87. The van der Waals surface area contributed by atoms with Crippen LogP contribution in [0.2, 0.25) is 0 Å². The van der Waals surface area contributed by atoms with E-state index < -0.39 is 5.97 Å². The molecule has 0 atom stereocenters. The Hall–Kier alpha value is -4.65. The van der Waals surface area contributed by atoms with E-state index in [-0.39, 0.29) is 12.2 Å². The quantitative estimate of drug-likeness (QED) is 0.314. The highest BCUT2D eigenvalue weighted by Gasteiger charge is 2.21. The van der Waals surface area contributed by atoms with Crippen molar-refractivity contribution in [3.8, 4) is 11.5 Å². The predicted molar refractivity (Wildman–Crippen MR) is 126 cm³/mol. The van der Waals surface area contributed by atoms with Crippen molar-refractivity contribution in [2.45, 2.75) is 13.2 Å². The molecule has 4 aromatic carbocycles. The third-order valence-corrected chi connectivity index (χ3v) is 5.15. The predicted octanol–water partition coefficient (Wildman–Crippen LogP) is 4.86. The average Bonchev–Trinajstić information content (AvgIpc) is 3.30. The van der Waals surface area contributed by atoms with Crippen molar-refractivity contribution in [1.82, 2.24) is 15.2 Å². The fourth-order valence-corrected chi connectivity index (χ4v) is 3.45. The molecule has 0 saturated carbocycles. The van der Waals surface area contributed by atoms with Gasteiger partial charge < -0.3 is 14.3 Å². The van der Waals surface area contributed by atoms with Crippen LogP contribution in [0.5, 0.6) is 11.5 Å². The van der Waals surface area contributed by atoms with Gasteiger partial charge >= 0.3 is 5.97 Å². The molecule has 0 saturated heterocycles. The van der Waals surface area contributed by atoms with Crippen LogP contribution in [0.3, 0.4) is 0 Å². The smallest absolute Gasteiger partial charge is 0.369 e. The largest absolute Gasteiger partial charge is 0.485 e. The molecule has 5 aromatic rings. The summed E-state index contributed by atoms with van der Waals surface area (Å²) in [6, 6.07) is 31.8. The minimum Gasteiger partial charge on any atom is -0.485 e. The van der Waals surface area contributed by atoms with Crippen LogP contribution in [0.1, 0.15) is 21.5 Å². The summed E-state index contributed by atoms with van der Waals surface area (Å²) in [4.78, 5) is 19.8. The molecule has 0 N–H and O–H groups in total. The highest BCUT2D eigenvalue weighted by atomic mass is 16.7. The van der Waals surface area contributed by atoms with Gasteiger partial charge in [0.15, 0.2) is 11.5 Å². The molecule has 0 fully saturated rings. The van der Waals surface area contributed by atoms with Crippen LogP contribution < -0.4 is 14.3 Å². The van der Waals surface area contributed by atoms with Gasteiger partial charge in [-0.2, -0.15) is 0 Å². The molecule has 0 aliphatic rings. The van der Waals surface area contributed by atoms with Gasteiger partial charge in [-0.1, -0.05) is 83.7 Å². The van der Waals surface area contributed by atoms with Crippen molar-refractivity contribution >= 4 is 17.0 Å². The highest BCUT2D eigenvalue weighted by molar-refractivity contribution is 5.94. The van der Waals surface area contributed by atoms with Crippen molar-refractivity contribution < 1.29 is 19.1 Å². The summed E-state index contributed by atoms with van der Waals surface area (Å²) in [7, 11) is 0. The van der Waals surface area contributed by atoms with Crippen LogP contribution in [0.4, 0.5) is 0 Å². The molecule has 7 heteroatoms. The lowest BCUT2D eigenvalue weighted by Crippen LogP contribution is -2.22. The van der Waals surface area contributed by atoms with E-state index in [4.69, 9.17) is 14.3 Å². The number of nitrogens with zero attached hydrogens (tertiary/aromatic N) is 3. The van der Waals surface area contributed by atoms with E-state index in [0.29, 0.717) is 29.1 Å². The monoisotopic (exact) mass is 451 g/mol. The molecule has 0 radical (unpaired) electrons. The summed E-state index contributed by atoms with van der Waals surface area (Å²) in [6.07, 6.45) is 0. The van der Waals surface area contributed by atoms with Crippen molar-refractivity contribution in [3.05, 3.63) is 120 Å². The molecular formula is C27H21N3O4. The number of hydrogen-bond donors (Lipinski definition) is 0. The molecule has 0 aliphatic carbocycles. The molecule has 0 unspecified atom stereocenters. The Bertz CT molecular complexity index is 1400. The molecule has 0 bridgehead atoms. The minimum absolute atomic E-state index is 0.223. The van der Waals surface area contributed by atoms with E-state index in [9.17, 15) is 4.79 Å². The maximum atomic E-state index is 13.2. The Balaban J connectivity index is 1.43. The van der Waals surface area contributed by atoms with E-state index in [0.717, 1.165) is 16.0 Å². The zero-order valence-corrected chi connectivity index (χ0v) is 18.2. The van der Waals surface area contributed by atoms with E-state index in [1.54, 1.807) is 30.3 Å². The zero-order valence-electron chi connectivity index (χ0n) is 18.2. The van der Waals surface area contributed by atoms with Crippen LogP contribution >= 0.6 is 0 Å². The average molecular weight is 451 g/mol. The molecule has 0 amide bonds. The van der Waals surface area contributed by atoms with Gasteiger partial charge in [0.1, 0.15) is 29.8 Å². The van der Waals surface area contributed by atoms with Crippen molar-refractivity contribution in [2.75, 3.05) is 0 Å². The topological polar surface area (TPSA) is 75.5 Å². The SMILES string of the molecule is O=C(On1nnc2ccccc21)c1cccc(OCc2ccccc2)c1OCc1ccccc1. The minimum atomic E-state index is -0.635. The highest BCUT2D eigenvalue weighted by Crippen LogP contribution is 2.33. The van der Waals surface area contributed by atoms with Crippen LogP contribution in [-0.2, 0) is 13.2 Å². The van der Waals surface area contributed by atoms with Crippen LogP contribution in [0.25, 0.3) is 11.0 Å². The van der Waals surface area contributed by atoms with E-state index in [2.05, 4.69) is 10.3 Å². The van der Waals surface area contributed by atoms with Gasteiger partial charge in [0.25, 0.3) is 0 Å². The molecule has 1 heterocycles. The van der Waals surface area contributed by atoms with Gasteiger partial charge in [0, 0.05) is 0 Å². The fraction of sp³-hybridized carbons (Fsp3) is 0.0741. The number of aromatic nitrogens is 3. The Morgan fingerprint density at radius 3 is 2.09 bits per heavy atom. The third-order valence-electron chi connectivity index (χ3n) is 5.15. The second-order valence-electron chi connectivity index (χ2n) is 7.51. The van der Waals surface area contributed by atoms with E-state index in [1.807, 2.05) is 72.8 Å². The molecule has 1 aromatic heterocycles. The van der Waals surface area contributed by atoms with Crippen molar-refractivity contribution in [2.24, 2.45) is 0 Å². The van der Waals surface area contributed by atoms with Crippen LogP contribution in [-0.4, -0.2) is 21.1 Å². The van der Waals surface area contributed by atoms with Gasteiger partial charge in [-0.15, -0.1) is 5.10 Å². The van der Waals surface area contributed by atoms with E-state index >= 15 is 0 Å². The summed E-state index contributed by atoms with van der Waals surface area (Å²) in [5.74, 6) is 0.110. The first-order valence-corrected chi connectivity index (χ1v) is 10.8. The lowest BCUT2D eigenvalue weighted by molar-refractivity contribution is 0.0403. The van der Waals surface area contributed by atoms with Crippen molar-refractivity contribution in [3.63, 3.8) is 0 Å². The summed E-state index contributed by atoms with van der Waals surface area (Å²) in [5, 5.41) is 7.96. The number of fused-ring (bicyclic) bond motifs is 1. The fourth-order valence-electron chi connectivity index (χ4n) is 3.45. The molecule has 7 nitrogen and oxygen atoms in total.